The lowest BCUT2D eigenvalue weighted by Crippen LogP contribution is -2.40. The molecule has 0 saturated carbocycles. The minimum absolute atomic E-state index is 0.0305. The van der Waals surface area contributed by atoms with E-state index in [1.165, 1.54) is 7.11 Å². The van der Waals surface area contributed by atoms with E-state index < -0.39 is 21.9 Å². The van der Waals surface area contributed by atoms with E-state index in [4.69, 9.17) is 9.47 Å². The summed E-state index contributed by atoms with van der Waals surface area (Å²) in [6, 6.07) is 7.95. The number of sulfone groups is 1. The first-order valence-electron chi connectivity index (χ1n) is 12.0. The summed E-state index contributed by atoms with van der Waals surface area (Å²) in [5.74, 6) is 0.676. The van der Waals surface area contributed by atoms with Crippen molar-refractivity contribution in [1.29, 1.82) is 0 Å². The highest BCUT2D eigenvalue weighted by molar-refractivity contribution is 7.91. The zero-order chi connectivity index (χ0) is 26.5. The highest BCUT2D eigenvalue weighted by atomic mass is 32.2. The number of phenols is 1. The van der Waals surface area contributed by atoms with Gasteiger partial charge in [-0.3, -0.25) is 9.89 Å². The Labute approximate surface area is 215 Å². The van der Waals surface area contributed by atoms with Crippen molar-refractivity contribution in [1.82, 2.24) is 15.1 Å². The average molecular weight is 524 g/mol. The number of aromatic hydroxyl groups is 1. The van der Waals surface area contributed by atoms with Crippen molar-refractivity contribution in [2.45, 2.75) is 32.4 Å². The van der Waals surface area contributed by atoms with E-state index in [1.54, 1.807) is 23.1 Å². The fraction of sp³-hybridized carbons (Fsp3) is 0.333. The summed E-state index contributed by atoms with van der Waals surface area (Å²) >= 11 is 0. The Morgan fingerprint density at radius 2 is 2.03 bits per heavy atom. The van der Waals surface area contributed by atoms with Crippen LogP contribution in [0.25, 0.3) is 11.3 Å². The van der Waals surface area contributed by atoms with Gasteiger partial charge in [0.15, 0.2) is 21.3 Å². The summed E-state index contributed by atoms with van der Waals surface area (Å²) < 4.78 is 36.0. The third-order valence-electron chi connectivity index (χ3n) is 6.97. The highest BCUT2D eigenvalue weighted by Gasteiger charge is 2.48. The predicted octanol–water partition coefficient (Wildman–Crippen LogP) is 3.70. The monoisotopic (exact) mass is 523 g/mol. The number of hydrogen-bond donors (Lipinski definition) is 2. The molecule has 194 valence electrons. The number of nitrogens with one attached hydrogen (secondary N) is 1. The highest BCUT2D eigenvalue weighted by Crippen LogP contribution is 2.48. The van der Waals surface area contributed by atoms with Crippen LogP contribution in [0.2, 0.25) is 0 Å². The third-order valence-corrected chi connectivity index (χ3v) is 8.72. The van der Waals surface area contributed by atoms with Crippen LogP contribution < -0.4 is 9.47 Å². The Kier molecular flexibility index (Phi) is 6.23. The number of aryl methyl sites for hydroxylation is 2. The van der Waals surface area contributed by atoms with Gasteiger partial charge in [0.1, 0.15) is 23.7 Å². The van der Waals surface area contributed by atoms with E-state index in [1.807, 2.05) is 32.0 Å². The first kappa shape index (κ1) is 24.9. The number of carbonyl (C=O) groups is 1. The molecule has 37 heavy (non-hydrogen) atoms. The molecule has 1 saturated heterocycles. The molecule has 1 aromatic heterocycles. The molecule has 0 aliphatic carbocycles. The van der Waals surface area contributed by atoms with Crippen molar-refractivity contribution in [3.05, 3.63) is 70.9 Å². The maximum atomic E-state index is 13.7. The average Bonchev–Trinajstić information content (AvgIpc) is 3.53. The zero-order valence-electron chi connectivity index (χ0n) is 20.9. The van der Waals surface area contributed by atoms with E-state index in [2.05, 4.69) is 16.8 Å². The Bertz CT molecular complexity index is 1510. The van der Waals surface area contributed by atoms with Gasteiger partial charge in [0, 0.05) is 17.2 Å². The second-order valence-electron chi connectivity index (χ2n) is 9.52. The fourth-order valence-electron chi connectivity index (χ4n) is 5.33. The number of aromatic amines is 1. The number of H-pyrrole nitrogens is 1. The van der Waals surface area contributed by atoms with Crippen LogP contribution in [0.3, 0.4) is 0 Å². The number of benzene rings is 2. The summed E-state index contributed by atoms with van der Waals surface area (Å²) in [5.41, 5.74) is 4.18. The van der Waals surface area contributed by atoms with Crippen molar-refractivity contribution in [2.24, 2.45) is 0 Å². The first-order valence-corrected chi connectivity index (χ1v) is 13.8. The molecule has 0 spiro atoms. The molecule has 2 aliphatic rings. The van der Waals surface area contributed by atoms with Gasteiger partial charge in [0.2, 0.25) is 0 Å². The Morgan fingerprint density at radius 1 is 1.24 bits per heavy atom. The number of rotatable bonds is 7. The fourth-order valence-corrected chi connectivity index (χ4v) is 7.04. The minimum Gasteiger partial charge on any atom is -0.507 e. The molecule has 2 unspecified atom stereocenters. The van der Waals surface area contributed by atoms with Gasteiger partial charge in [-0.05, 0) is 55.2 Å². The molecule has 5 rings (SSSR count). The topological polar surface area (TPSA) is 122 Å². The van der Waals surface area contributed by atoms with Gasteiger partial charge in [-0.1, -0.05) is 24.8 Å². The van der Waals surface area contributed by atoms with Crippen LogP contribution in [0.15, 0.2) is 43.0 Å². The number of phenolic OH excluding ortho intramolecular Hbond substituents is 1. The quantitative estimate of drug-likeness (QED) is 0.453. The number of methoxy groups -OCH3 is 1. The lowest BCUT2D eigenvalue weighted by molar-refractivity contribution is 0.0677. The molecule has 2 atom stereocenters. The molecule has 3 heterocycles. The Balaban J connectivity index is 1.70. The van der Waals surface area contributed by atoms with Gasteiger partial charge in [0.05, 0.1) is 24.7 Å². The van der Waals surface area contributed by atoms with E-state index in [0.717, 1.165) is 5.56 Å². The molecule has 9 nitrogen and oxygen atoms in total. The molecule has 3 aromatic rings. The van der Waals surface area contributed by atoms with E-state index in [0.29, 0.717) is 52.5 Å². The van der Waals surface area contributed by atoms with Crippen molar-refractivity contribution < 1.29 is 27.8 Å². The first-order chi connectivity index (χ1) is 17.6. The van der Waals surface area contributed by atoms with Crippen molar-refractivity contribution in [2.75, 3.05) is 25.2 Å². The van der Waals surface area contributed by atoms with Crippen LogP contribution in [0.5, 0.6) is 17.2 Å². The SMILES string of the molecule is C=CCOc1ccc(C2c3c(-c4cc(C)cc(C)c4O)n[nH]c3C(=O)N2C2CCS(=O)(=O)C2)cc1OC. The number of aromatic nitrogens is 2. The number of carbonyl (C=O) groups excluding carboxylic acids is 1. The molecular formula is C27H29N3O6S. The number of ether oxygens (including phenoxy) is 2. The summed E-state index contributed by atoms with van der Waals surface area (Å²) in [5, 5.41) is 18.2. The number of fused-ring (bicyclic) bond motifs is 1. The molecular weight excluding hydrogens is 494 g/mol. The Morgan fingerprint density at radius 3 is 2.70 bits per heavy atom. The van der Waals surface area contributed by atoms with Crippen molar-refractivity contribution >= 4 is 15.7 Å². The van der Waals surface area contributed by atoms with Gasteiger partial charge in [-0.15, -0.1) is 0 Å². The van der Waals surface area contributed by atoms with Crippen LogP contribution in [0.1, 0.15) is 45.2 Å². The third kappa shape index (κ3) is 4.25. The van der Waals surface area contributed by atoms with Crippen LogP contribution in [0.4, 0.5) is 0 Å². The molecule has 1 amide bonds. The molecule has 2 aromatic carbocycles. The molecule has 2 aliphatic heterocycles. The number of amides is 1. The number of nitrogens with zero attached hydrogens (tertiary/aromatic N) is 2. The second-order valence-corrected chi connectivity index (χ2v) is 11.7. The molecule has 2 N–H and O–H groups in total. The standard InChI is InChI=1S/C27H29N3O6S/c1-5-9-36-20-7-6-17(13-21(20)35-4)25-22-23(19-12-15(2)11-16(3)26(19)31)28-29-24(22)27(32)30(25)18-8-10-37(33,34)14-18/h5-7,11-13,18,25,31H,1,8-10,14H2,2-4H3,(H,28,29). The van der Waals surface area contributed by atoms with Crippen LogP contribution in [-0.2, 0) is 9.84 Å². The van der Waals surface area contributed by atoms with Gasteiger partial charge in [-0.25, -0.2) is 8.42 Å². The zero-order valence-corrected chi connectivity index (χ0v) is 21.8. The second kappa shape index (κ2) is 9.26. The summed E-state index contributed by atoms with van der Waals surface area (Å²) in [6.45, 7) is 7.70. The van der Waals surface area contributed by atoms with E-state index in [-0.39, 0.29) is 28.9 Å². The summed E-state index contributed by atoms with van der Waals surface area (Å²) in [6.07, 6.45) is 1.98. The Hall–Kier alpha value is -3.79. The largest absolute Gasteiger partial charge is 0.507 e. The minimum atomic E-state index is -3.26. The maximum absolute atomic E-state index is 13.7. The van der Waals surface area contributed by atoms with Gasteiger partial charge >= 0.3 is 0 Å². The van der Waals surface area contributed by atoms with E-state index in [9.17, 15) is 18.3 Å². The van der Waals surface area contributed by atoms with Crippen LogP contribution >= 0.6 is 0 Å². The summed E-state index contributed by atoms with van der Waals surface area (Å²) in [4.78, 5) is 15.4. The number of hydrogen-bond acceptors (Lipinski definition) is 7. The van der Waals surface area contributed by atoms with Crippen molar-refractivity contribution in [3.8, 4) is 28.5 Å². The lowest BCUT2D eigenvalue weighted by atomic mass is 9.93. The predicted molar refractivity (Wildman–Crippen MR) is 139 cm³/mol. The summed E-state index contributed by atoms with van der Waals surface area (Å²) in [7, 11) is -1.73. The smallest absolute Gasteiger partial charge is 0.273 e. The molecule has 0 bridgehead atoms. The van der Waals surface area contributed by atoms with Gasteiger partial charge < -0.3 is 19.5 Å². The van der Waals surface area contributed by atoms with Crippen LogP contribution in [-0.4, -0.2) is 65.8 Å². The molecule has 1 fully saturated rings. The lowest BCUT2D eigenvalue weighted by Gasteiger charge is -2.31. The molecule has 10 heteroatoms. The van der Waals surface area contributed by atoms with Gasteiger partial charge in [-0.2, -0.15) is 5.10 Å². The molecule has 0 radical (unpaired) electrons. The van der Waals surface area contributed by atoms with Crippen molar-refractivity contribution in [3.63, 3.8) is 0 Å². The van der Waals surface area contributed by atoms with E-state index >= 15 is 0 Å². The normalized spacial score (nSPS) is 20.2. The maximum Gasteiger partial charge on any atom is 0.273 e. The van der Waals surface area contributed by atoms with Gasteiger partial charge in [0.25, 0.3) is 5.91 Å². The van der Waals surface area contributed by atoms with Crippen LogP contribution in [0, 0.1) is 13.8 Å².